The number of likely N-dealkylation sites (tertiary alicyclic amines) is 1. The van der Waals surface area contributed by atoms with Gasteiger partial charge in [-0.05, 0) is 51.3 Å². The zero-order valence-electron chi connectivity index (χ0n) is 13.3. The Morgan fingerprint density at radius 1 is 1.23 bits per heavy atom. The SMILES string of the molecule is CC(C)(NC(=O)c1ccccc1)C(=O)N1CCC(CN)CC1. The number of hydrogen-bond acceptors (Lipinski definition) is 3. The van der Waals surface area contributed by atoms with Crippen molar-refractivity contribution in [2.75, 3.05) is 19.6 Å². The minimum absolute atomic E-state index is 0.0350. The number of rotatable bonds is 4. The summed E-state index contributed by atoms with van der Waals surface area (Å²) in [5.74, 6) is 0.245. The van der Waals surface area contributed by atoms with Crippen LogP contribution >= 0.6 is 0 Å². The molecule has 3 N–H and O–H groups in total. The highest BCUT2D eigenvalue weighted by molar-refractivity contribution is 5.98. The average Bonchev–Trinajstić information content (AvgIpc) is 2.54. The quantitative estimate of drug-likeness (QED) is 0.882. The second-order valence-electron chi connectivity index (χ2n) is 6.42. The molecule has 0 aromatic heterocycles. The van der Waals surface area contributed by atoms with E-state index in [1.54, 1.807) is 38.1 Å². The maximum atomic E-state index is 12.7. The lowest BCUT2D eigenvalue weighted by Gasteiger charge is -2.37. The lowest BCUT2D eigenvalue weighted by molar-refractivity contribution is -0.138. The number of piperidine rings is 1. The van der Waals surface area contributed by atoms with Gasteiger partial charge in [0.15, 0.2) is 0 Å². The van der Waals surface area contributed by atoms with E-state index in [1.165, 1.54) is 0 Å². The second kappa shape index (κ2) is 6.92. The number of carbonyl (C=O) groups is 2. The number of carbonyl (C=O) groups excluding carboxylic acids is 2. The minimum Gasteiger partial charge on any atom is -0.341 e. The highest BCUT2D eigenvalue weighted by Crippen LogP contribution is 2.19. The number of nitrogens with zero attached hydrogens (tertiary/aromatic N) is 1. The third-order valence-corrected chi connectivity index (χ3v) is 4.23. The van der Waals surface area contributed by atoms with E-state index in [2.05, 4.69) is 5.32 Å². The first-order valence-corrected chi connectivity index (χ1v) is 7.81. The fourth-order valence-electron chi connectivity index (χ4n) is 2.77. The molecule has 22 heavy (non-hydrogen) atoms. The molecular formula is C17H25N3O2. The lowest BCUT2D eigenvalue weighted by atomic mass is 9.94. The van der Waals surface area contributed by atoms with Gasteiger partial charge in [-0.3, -0.25) is 9.59 Å². The Hall–Kier alpha value is -1.88. The van der Waals surface area contributed by atoms with Crippen LogP contribution in [0.5, 0.6) is 0 Å². The van der Waals surface area contributed by atoms with E-state index in [-0.39, 0.29) is 11.8 Å². The van der Waals surface area contributed by atoms with Crippen LogP contribution in [-0.2, 0) is 4.79 Å². The highest BCUT2D eigenvalue weighted by atomic mass is 16.2. The van der Waals surface area contributed by atoms with E-state index >= 15 is 0 Å². The summed E-state index contributed by atoms with van der Waals surface area (Å²) in [5.41, 5.74) is 5.33. The summed E-state index contributed by atoms with van der Waals surface area (Å²) in [6.45, 7) is 5.61. The predicted molar refractivity (Wildman–Crippen MR) is 86.3 cm³/mol. The van der Waals surface area contributed by atoms with Crippen LogP contribution in [0.25, 0.3) is 0 Å². The van der Waals surface area contributed by atoms with Gasteiger partial charge in [0.25, 0.3) is 5.91 Å². The molecule has 1 aromatic rings. The van der Waals surface area contributed by atoms with Crippen molar-refractivity contribution in [3.8, 4) is 0 Å². The lowest BCUT2D eigenvalue weighted by Crippen LogP contribution is -2.57. The molecule has 0 radical (unpaired) electrons. The zero-order valence-corrected chi connectivity index (χ0v) is 13.3. The van der Waals surface area contributed by atoms with Gasteiger partial charge in [0.1, 0.15) is 5.54 Å². The topological polar surface area (TPSA) is 75.4 Å². The van der Waals surface area contributed by atoms with Gasteiger partial charge >= 0.3 is 0 Å². The molecule has 0 bridgehead atoms. The molecule has 5 nitrogen and oxygen atoms in total. The monoisotopic (exact) mass is 303 g/mol. The van der Waals surface area contributed by atoms with Gasteiger partial charge in [-0.2, -0.15) is 0 Å². The number of benzene rings is 1. The van der Waals surface area contributed by atoms with Crippen molar-refractivity contribution in [3.05, 3.63) is 35.9 Å². The summed E-state index contributed by atoms with van der Waals surface area (Å²) < 4.78 is 0. The van der Waals surface area contributed by atoms with Gasteiger partial charge < -0.3 is 16.0 Å². The molecule has 2 rings (SSSR count). The predicted octanol–water partition coefficient (Wildman–Crippen LogP) is 1.39. The molecule has 120 valence electrons. The van der Waals surface area contributed by atoms with Gasteiger partial charge in [0.05, 0.1) is 0 Å². The summed E-state index contributed by atoms with van der Waals surface area (Å²) in [6.07, 6.45) is 1.87. The fraction of sp³-hybridized carbons (Fsp3) is 0.529. The van der Waals surface area contributed by atoms with E-state index < -0.39 is 5.54 Å². The average molecular weight is 303 g/mol. The first-order chi connectivity index (χ1) is 10.4. The van der Waals surface area contributed by atoms with Crippen LogP contribution in [0.3, 0.4) is 0 Å². The molecule has 0 saturated carbocycles. The van der Waals surface area contributed by atoms with E-state index in [1.807, 2.05) is 11.0 Å². The molecular weight excluding hydrogens is 278 g/mol. The van der Waals surface area contributed by atoms with Gasteiger partial charge in [-0.15, -0.1) is 0 Å². The van der Waals surface area contributed by atoms with Crippen molar-refractivity contribution >= 4 is 11.8 Å². The Kier molecular flexibility index (Phi) is 5.19. The normalized spacial score (nSPS) is 16.4. The smallest absolute Gasteiger partial charge is 0.252 e. The number of nitrogens with two attached hydrogens (primary N) is 1. The van der Waals surface area contributed by atoms with Crippen LogP contribution < -0.4 is 11.1 Å². The molecule has 0 aliphatic carbocycles. The van der Waals surface area contributed by atoms with Crippen molar-refractivity contribution < 1.29 is 9.59 Å². The first-order valence-electron chi connectivity index (χ1n) is 7.81. The van der Waals surface area contributed by atoms with Gasteiger partial charge in [-0.25, -0.2) is 0 Å². The Bertz CT molecular complexity index is 520. The number of hydrogen-bond donors (Lipinski definition) is 2. The summed E-state index contributed by atoms with van der Waals surface area (Å²) >= 11 is 0. The molecule has 1 fully saturated rings. The molecule has 1 aliphatic heterocycles. The van der Waals surface area contributed by atoms with E-state index in [0.29, 0.717) is 31.1 Å². The van der Waals surface area contributed by atoms with Crippen LogP contribution in [0.1, 0.15) is 37.0 Å². The van der Waals surface area contributed by atoms with Crippen LogP contribution in [0, 0.1) is 5.92 Å². The maximum Gasteiger partial charge on any atom is 0.252 e. The largest absolute Gasteiger partial charge is 0.341 e. The second-order valence-corrected chi connectivity index (χ2v) is 6.42. The molecule has 1 saturated heterocycles. The fourth-order valence-corrected chi connectivity index (χ4v) is 2.77. The van der Waals surface area contributed by atoms with Crippen molar-refractivity contribution in [1.29, 1.82) is 0 Å². The van der Waals surface area contributed by atoms with E-state index in [9.17, 15) is 9.59 Å². The van der Waals surface area contributed by atoms with Crippen LogP contribution in [0.4, 0.5) is 0 Å². The van der Waals surface area contributed by atoms with Crippen molar-refractivity contribution in [2.24, 2.45) is 11.7 Å². The van der Waals surface area contributed by atoms with Crippen molar-refractivity contribution in [3.63, 3.8) is 0 Å². The van der Waals surface area contributed by atoms with Crippen molar-refractivity contribution in [2.45, 2.75) is 32.2 Å². The van der Waals surface area contributed by atoms with E-state index in [4.69, 9.17) is 5.73 Å². The maximum absolute atomic E-state index is 12.7. The summed E-state index contributed by atoms with van der Waals surface area (Å²) in [5, 5.41) is 2.84. The van der Waals surface area contributed by atoms with Crippen LogP contribution in [0.15, 0.2) is 30.3 Å². The Morgan fingerprint density at radius 3 is 2.36 bits per heavy atom. The molecule has 0 atom stereocenters. The van der Waals surface area contributed by atoms with E-state index in [0.717, 1.165) is 12.8 Å². The third-order valence-electron chi connectivity index (χ3n) is 4.23. The van der Waals surface area contributed by atoms with Gasteiger partial charge in [0.2, 0.25) is 5.91 Å². The molecule has 2 amide bonds. The molecule has 1 heterocycles. The summed E-state index contributed by atoms with van der Waals surface area (Å²) in [7, 11) is 0. The zero-order chi connectivity index (χ0) is 16.2. The Morgan fingerprint density at radius 2 is 1.82 bits per heavy atom. The standard InChI is InChI=1S/C17H25N3O2/c1-17(2,19-15(21)14-6-4-3-5-7-14)16(22)20-10-8-13(12-18)9-11-20/h3-7,13H,8-12,18H2,1-2H3,(H,19,21). The van der Waals surface area contributed by atoms with Gasteiger partial charge in [-0.1, -0.05) is 18.2 Å². The molecule has 5 heteroatoms. The third kappa shape index (κ3) is 3.85. The van der Waals surface area contributed by atoms with Gasteiger partial charge in [0, 0.05) is 18.7 Å². The summed E-state index contributed by atoms with van der Waals surface area (Å²) in [4.78, 5) is 26.7. The first kappa shape index (κ1) is 16.5. The number of nitrogens with one attached hydrogen (secondary N) is 1. The minimum atomic E-state index is -0.914. The Labute approximate surface area is 131 Å². The van der Waals surface area contributed by atoms with Crippen LogP contribution in [0.2, 0.25) is 0 Å². The van der Waals surface area contributed by atoms with Crippen LogP contribution in [-0.4, -0.2) is 41.9 Å². The molecule has 0 unspecified atom stereocenters. The van der Waals surface area contributed by atoms with Crippen molar-refractivity contribution in [1.82, 2.24) is 10.2 Å². The molecule has 1 aliphatic rings. The highest BCUT2D eigenvalue weighted by Gasteiger charge is 2.35. The molecule has 0 spiro atoms. The summed E-state index contributed by atoms with van der Waals surface area (Å²) in [6, 6.07) is 8.95. The number of amides is 2. The Balaban J connectivity index is 1.97. The molecule has 1 aromatic carbocycles.